The molecule has 1 aliphatic carbocycles. The van der Waals surface area contributed by atoms with Gasteiger partial charge in [-0.05, 0) is 30.5 Å². The van der Waals surface area contributed by atoms with Gasteiger partial charge in [-0.2, -0.15) is 5.48 Å². The fourth-order valence-electron chi connectivity index (χ4n) is 4.98. The van der Waals surface area contributed by atoms with E-state index in [-0.39, 0.29) is 0 Å². The monoisotopic (exact) mass is 505 g/mol. The van der Waals surface area contributed by atoms with Crippen molar-refractivity contribution in [2.24, 2.45) is 0 Å². The Morgan fingerprint density at radius 2 is 1.14 bits per heavy atom. The first-order chi connectivity index (χ1) is 18.0. The lowest BCUT2D eigenvalue weighted by Gasteiger charge is -2.45. The first-order valence-electron chi connectivity index (χ1n) is 12.8. The van der Waals surface area contributed by atoms with Crippen molar-refractivity contribution in [1.82, 2.24) is 5.48 Å². The van der Waals surface area contributed by atoms with Crippen LogP contribution in [0.15, 0.2) is 91.0 Å². The standard InChI is InChI=1S/C30H35NO6/c1-30(2)36-27-25(32)24(31-35-20-23-16-10-5-11-17-23)26(33-18-21-12-6-3-7-13-21)28(29(27)37-30)34-19-22-14-8-4-9-15-22/h3-17,24-29,31-32H,18-20H2,1-2H3/t24-,25-,26+,27-,28-,29-/m1/s1. The van der Waals surface area contributed by atoms with Crippen LogP contribution in [0.5, 0.6) is 0 Å². The largest absolute Gasteiger partial charge is 0.388 e. The Labute approximate surface area is 218 Å². The normalized spacial score (nSPS) is 28.6. The second-order valence-corrected chi connectivity index (χ2v) is 10.00. The number of rotatable bonds is 10. The minimum atomic E-state index is -0.945. The average molecular weight is 506 g/mol. The third-order valence-corrected chi connectivity index (χ3v) is 6.74. The number of nitrogens with one attached hydrogen (secondary N) is 1. The van der Waals surface area contributed by atoms with Gasteiger partial charge in [-0.25, -0.2) is 0 Å². The summed E-state index contributed by atoms with van der Waals surface area (Å²) < 4.78 is 25.4. The van der Waals surface area contributed by atoms with Gasteiger partial charge in [0, 0.05) is 0 Å². The van der Waals surface area contributed by atoms with Gasteiger partial charge >= 0.3 is 0 Å². The van der Waals surface area contributed by atoms with E-state index in [0.717, 1.165) is 16.7 Å². The van der Waals surface area contributed by atoms with E-state index in [9.17, 15) is 5.11 Å². The van der Waals surface area contributed by atoms with Gasteiger partial charge < -0.3 is 24.1 Å². The fourth-order valence-corrected chi connectivity index (χ4v) is 4.98. The molecule has 2 aliphatic rings. The Balaban J connectivity index is 1.39. The van der Waals surface area contributed by atoms with E-state index in [1.165, 1.54) is 0 Å². The van der Waals surface area contributed by atoms with Gasteiger partial charge in [0.2, 0.25) is 0 Å². The molecule has 1 aliphatic heterocycles. The van der Waals surface area contributed by atoms with Crippen molar-refractivity contribution in [2.45, 2.75) is 76.0 Å². The van der Waals surface area contributed by atoms with Crippen LogP contribution in [0.2, 0.25) is 0 Å². The topological polar surface area (TPSA) is 78.4 Å². The molecule has 3 aromatic rings. The molecule has 7 nitrogen and oxygen atoms in total. The molecule has 0 spiro atoms. The summed E-state index contributed by atoms with van der Waals surface area (Å²) in [6.45, 7) is 4.75. The van der Waals surface area contributed by atoms with Gasteiger partial charge in [-0.1, -0.05) is 91.0 Å². The highest BCUT2D eigenvalue weighted by Crippen LogP contribution is 2.40. The number of hydrogen-bond acceptors (Lipinski definition) is 7. The fraction of sp³-hybridized carbons (Fsp3) is 0.400. The van der Waals surface area contributed by atoms with Crippen LogP contribution in [-0.4, -0.2) is 47.5 Å². The number of hydrogen-bond donors (Lipinski definition) is 2. The zero-order chi connectivity index (χ0) is 25.7. The van der Waals surface area contributed by atoms with Crippen LogP contribution in [0.25, 0.3) is 0 Å². The molecule has 1 heterocycles. The third kappa shape index (κ3) is 6.45. The molecular weight excluding hydrogens is 470 g/mol. The van der Waals surface area contributed by atoms with Crippen molar-refractivity contribution in [1.29, 1.82) is 0 Å². The summed E-state index contributed by atoms with van der Waals surface area (Å²) in [5.74, 6) is -0.867. The second-order valence-electron chi connectivity index (χ2n) is 10.00. The van der Waals surface area contributed by atoms with Crippen LogP contribution in [0.3, 0.4) is 0 Å². The molecule has 1 saturated heterocycles. The average Bonchev–Trinajstić information content (AvgIpc) is 3.25. The highest BCUT2D eigenvalue weighted by Gasteiger charge is 2.59. The van der Waals surface area contributed by atoms with Gasteiger partial charge in [0.25, 0.3) is 0 Å². The molecule has 2 N–H and O–H groups in total. The van der Waals surface area contributed by atoms with Crippen LogP contribution in [0.1, 0.15) is 30.5 Å². The first-order valence-corrected chi connectivity index (χ1v) is 12.8. The van der Waals surface area contributed by atoms with Gasteiger partial charge in [0.1, 0.15) is 30.5 Å². The maximum Gasteiger partial charge on any atom is 0.164 e. The lowest BCUT2D eigenvalue weighted by molar-refractivity contribution is -0.214. The predicted molar refractivity (Wildman–Crippen MR) is 138 cm³/mol. The summed E-state index contributed by atoms with van der Waals surface area (Å²) >= 11 is 0. The highest BCUT2D eigenvalue weighted by atomic mass is 16.8. The van der Waals surface area contributed by atoms with Gasteiger partial charge in [0.05, 0.1) is 25.9 Å². The number of hydroxylamine groups is 1. The van der Waals surface area contributed by atoms with Crippen molar-refractivity contribution < 1.29 is 28.9 Å². The van der Waals surface area contributed by atoms with Crippen molar-refractivity contribution >= 4 is 0 Å². The molecular formula is C30H35NO6. The van der Waals surface area contributed by atoms with E-state index < -0.39 is 42.3 Å². The predicted octanol–water partition coefficient (Wildman–Crippen LogP) is 4.14. The Morgan fingerprint density at radius 3 is 1.68 bits per heavy atom. The first kappa shape index (κ1) is 26.0. The van der Waals surface area contributed by atoms with Crippen molar-refractivity contribution in [3.05, 3.63) is 108 Å². The third-order valence-electron chi connectivity index (χ3n) is 6.74. The van der Waals surface area contributed by atoms with E-state index >= 15 is 0 Å². The van der Waals surface area contributed by atoms with Crippen LogP contribution in [-0.2, 0) is 43.6 Å². The molecule has 1 saturated carbocycles. The smallest absolute Gasteiger partial charge is 0.164 e. The molecule has 0 bridgehead atoms. The maximum atomic E-state index is 11.5. The van der Waals surface area contributed by atoms with Crippen LogP contribution < -0.4 is 5.48 Å². The summed E-state index contributed by atoms with van der Waals surface area (Å²) in [6, 6.07) is 29.2. The van der Waals surface area contributed by atoms with E-state index in [1.807, 2.05) is 105 Å². The minimum Gasteiger partial charge on any atom is -0.388 e. The highest BCUT2D eigenvalue weighted by molar-refractivity contribution is 5.16. The molecule has 0 unspecified atom stereocenters. The summed E-state index contributed by atoms with van der Waals surface area (Å²) in [5, 5.41) is 11.5. The number of aliphatic hydroxyl groups excluding tert-OH is 1. The van der Waals surface area contributed by atoms with Gasteiger partial charge in [0.15, 0.2) is 5.79 Å². The quantitative estimate of drug-likeness (QED) is 0.401. The molecule has 3 aromatic carbocycles. The lowest BCUT2D eigenvalue weighted by Crippen LogP contribution is -2.67. The Morgan fingerprint density at radius 1 is 0.676 bits per heavy atom. The molecule has 0 aromatic heterocycles. The van der Waals surface area contributed by atoms with Crippen LogP contribution >= 0.6 is 0 Å². The van der Waals surface area contributed by atoms with Gasteiger partial charge in [-0.15, -0.1) is 0 Å². The SMILES string of the molecule is CC1(C)O[C@H]2[C@H](OCc3ccccc3)[C@@H](OCc3ccccc3)[C@H](NOCc3ccccc3)[C@@H](O)[C@H]2O1. The summed E-state index contributed by atoms with van der Waals surface area (Å²) in [7, 11) is 0. The van der Waals surface area contributed by atoms with Crippen molar-refractivity contribution in [3.63, 3.8) is 0 Å². The Hall–Kier alpha value is -2.62. The Bertz CT molecular complexity index is 1100. The number of benzene rings is 3. The minimum absolute atomic E-state index is 0.335. The van der Waals surface area contributed by atoms with Crippen molar-refractivity contribution in [2.75, 3.05) is 0 Å². The zero-order valence-electron chi connectivity index (χ0n) is 21.2. The summed E-state index contributed by atoms with van der Waals surface area (Å²) in [4.78, 5) is 5.88. The molecule has 196 valence electrons. The van der Waals surface area contributed by atoms with Crippen LogP contribution in [0, 0.1) is 0 Å². The van der Waals surface area contributed by atoms with E-state index in [0.29, 0.717) is 19.8 Å². The second kappa shape index (κ2) is 11.8. The molecule has 7 heteroatoms. The Kier molecular flexibility index (Phi) is 8.32. The number of aliphatic hydroxyl groups is 1. The maximum absolute atomic E-state index is 11.5. The molecule has 5 rings (SSSR count). The van der Waals surface area contributed by atoms with Gasteiger partial charge in [-0.3, -0.25) is 4.84 Å². The molecule has 37 heavy (non-hydrogen) atoms. The van der Waals surface area contributed by atoms with Crippen molar-refractivity contribution in [3.8, 4) is 0 Å². The molecule has 6 atom stereocenters. The molecule has 0 radical (unpaired) electrons. The van der Waals surface area contributed by atoms with E-state index in [1.54, 1.807) is 0 Å². The summed E-state index contributed by atoms with van der Waals surface area (Å²) in [5.41, 5.74) is 6.16. The zero-order valence-corrected chi connectivity index (χ0v) is 21.2. The molecule has 0 amide bonds. The van der Waals surface area contributed by atoms with Crippen LogP contribution in [0.4, 0.5) is 0 Å². The molecule has 2 fully saturated rings. The number of ether oxygens (including phenoxy) is 4. The lowest BCUT2D eigenvalue weighted by atomic mass is 9.83. The number of fused-ring (bicyclic) bond motifs is 1. The van der Waals surface area contributed by atoms with E-state index in [2.05, 4.69) is 5.48 Å². The van der Waals surface area contributed by atoms with E-state index in [4.69, 9.17) is 23.8 Å². The summed E-state index contributed by atoms with van der Waals surface area (Å²) in [6.07, 6.45) is -3.16.